The van der Waals surface area contributed by atoms with Crippen LogP contribution in [0.2, 0.25) is 0 Å². The molecule has 1 saturated heterocycles. The molecule has 0 aromatic heterocycles. The Kier molecular flexibility index (Phi) is 3.21. The topological polar surface area (TPSA) is 58.2 Å². The van der Waals surface area contributed by atoms with E-state index in [1.165, 1.54) is 0 Å². The first-order valence-corrected chi connectivity index (χ1v) is 6.48. The molecular weight excluding hydrogens is 252 g/mol. The third kappa shape index (κ3) is 2.40. The molecule has 2 N–H and O–H groups in total. The predicted molar refractivity (Wildman–Crippen MR) is 75.8 cm³/mol. The first-order valence-electron chi connectivity index (χ1n) is 6.48. The van der Waals surface area contributed by atoms with Gasteiger partial charge in [0.05, 0.1) is 6.04 Å². The van der Waals surface area contributed by atoms with E-state index in [-0.39, 0.29) is 6.04 Å². The molecule has 1 fully saturated rings. The molecule has 0 spiro atoms. The Labute approximate surface area is 116 Å². The number of hydrogen-bond acceptors (Lipinski definition) is 2. The van der Waals surface area contributed by atoms with E-state index >= 15 is 0 Å². The van der Waals surface area contributed by atoms with Gasteiger partial charge in [-0.1, -0.05) is 54.6 Å². The maximum Gasteiger partial charge on any atom is 0.309 e. The molecule has 0 saturated carbocycles. The molecule has 100 valence electrons. The number of amides is 2. The standard InChI is InChI=1S/C16H14N2O2/c19-15-16(20)18-14(10-17-15)13-8-6-12(7-9-13)11-4-2-1-3-5-11/h1-9,14H,10H2,(H,17,19)(H,18,20). The highest BCUT2D eigenvalue weighted by molar-refractivity contribution is 6.35. The van der Waals surface area contributed by atoms with Gasteiger partial charge < -0.3 is 10.6 Å². The van der Waals surface area contributed by atoms with Crippen LogP contribution in [0.1, 0.15) is 11.6 Å². The monoisotopic (exact) mass is 266 g/mol. The van der Waals surface area contributed by atoms with Crippen LogP contribution in [-0.2, 0) is 9.59 Å². The summed E-state index contributed by atoms with van der Waals surface area (Å²) in [7, 11) is 0. The van der Waals surface area contributed by atoms with Gasteiger partial charge in [0, 0.05) is 6.54 Å². The van der Waals surface area contributed by atoms with Gasteiger partial charge in [0.2, 0.25) is 0 Å². The zero-order chi connectivity index (χ0) is 13.9. The first kappa shape index (κ1) is 12.4. The Morgan fingerprint density at radius 2 is 1.45 bits per heavy atom. The second-order valence-corrected chi connectivity index (χ2v) is 4.72. The van der Waals surface area contributed by atoms with Gasteiger partial charge in [-0.2, -0.15) is 0 Å². The molecular formula is C16H14N2O2. The summed E-state index contributed by atoms with van der Waals surface area (Å²) < 4.78 is 0. The molecule has 0 radical (unpaired) electrons. The Morgan fingerprint density at radius 3 is 2.10 bits per heavy atom. The van der Waals surface area contributed by atoms with Gasteiger partial charge in [0.25, 0.3) is 0 Å². The molecule has 1 heterocycles. The van der Waals surface area contributed by atoms with Crippen LogP contribution in [0.5, 0.6) is 0 Å². The third-order valence-corrected chi connectivity index (χ3v) is 3.40. The Hall–Kier alpha value is -2.62. The summed E-state index contributed by atoms with van der Waals surface area (Å²) in [5.74, 6) is -1.14. The van der Waals surface area contributed by atoms with Gasteiger partial charge in [0.15, 0.2) is 0 Å². The second-order valence-electron chi connectivity index (χ2n) is 4.72. The molecule has 3 rings (SSSR count). The number of carbonyl (C=O) groups excluding carboxylic acids is 2. The summed E-state index contributed by atoms with van der Waals surface area (Å²) in [5, 5.41) is 5.27. The number of benzene rings is 2. The van der Waals surface area contributed by atoms with Gasteiger partial charge in [0.1, 0.15) is 0 Å². The Morgan fingerprint density at radius 1 is 0.800 bits per heavy atom. The Balaban J connectivity index is 1.80. The van der Waals surface area contributed by atoms with Crippen molar-refractivity contribution < 1.29 is 9.59 Å². The molecule has 2 amide bonds. The summed E-state index contributed by atoms with van der Waals surface area (Å²) in [6, 6.07) is 17.9. The third-order valence-electron chi connectivity index (χ3n) is 3.40. The highest BCUT2D eigenvalue weighted by Gasteiger charge is 2.25. The molecule has 20 heavy (non-hydrogen) atoms. The van der Waals surface area contributed by atoms with E-state index in [2.05, 4.69) is 22.8 Å². The lowest BCUT2D eigenvalue weighted by atomic mass is 10.00. The minimum Gasteiger partial charge on any atom is -0.345 e. The van der Waals surface area contributed by atoms with Gasteiger partial charge in [-0.25, -0.2) is 0 Å². The average Bonchev–Trinajstić information content (AvgIpc) is 2.51. The number of nitrogens with one attached hydrogen (secondary N) is 2. The van der Waals surface area contributed by atoms with E-state index in [1.807, 2.05) is 42.5 Å². The first-order chi connectivity index (χ1) is 9.74. The zero-order valence-electron chi connectivity index (χ0n) is 10.8. The predicted octanol–water partition coefficient (Wildman–Crippen LogP) is 1.64. The molecule has 1 unspecified atom stereocenters. The van der Waals surface area contributed by atoms with Crippen molar-refractivity contribution in [2.45, 2.75) is 6.04 Å². The van der Waals surface area contributed by atoms with Crippen molar-refractivity contribution in [1.29, 1.82) is 0 Å². The minimum absolute atomic E-state index is 0.162. The summed E-state index contributed by atoms with van der Waals surface area (Å²) >= 11 is 0. The van der Waals surface area contributed by atoms with Crippen LogP contribution < -0.4 is 10.6 Å². The van der Waals surface area contributed by atoms with Crippen LogP contribution in [0.25, 0.3) is 11.1 Å². The molecule has 2 aromatic rings. The number of rotatable bonds is 2. The summed E-state index contributed by atoms with van der Waals surface area (Å²) in [4.78, 5) is 22.4. The normalized spacial score (nSPS) is 18.3. The number of hydrogen-bond donors (Lipinski definition) is 2. The maximum absolute atomic E-state index is 11.3. The van der Waals surface area contributed by atoms with Crippen molar-refractivity contribution in [1.82, 2.24) is 10.6 Å². The quantitative estimate of drug-likeness (QED) is 0.812. The lowest BCUT2D eigenvalue weighted by Gasteiger charge is -2.24. The van der Waals surface area contributed by atoms with Crippen molar-refractivity contribution in [2.75, 3.05) is 6.54 Å². The summed E-state index contributed by atoms with van der Waals surface area (Å²) in [6.45, 7) is 0.426. The zero-order valence-corrected chi connectivity index (χ0v) is 10.8. The number of carbonyl (C=O) groups is 2. The van der Waals surface area contributed by atoms with E-state index in [9.17, 15) is 9.59 Å². The molecule has 4 heteroatoms. The second kappa shape index (κ2) is 5.17. The molecule has 1 aliphatic rings. The molecule has 0 bridgehead atoms. The van der Waals surface area contributed by atoms with Gasteiger partial charge >= 0.3 is 11.8 Å². The van der Waals surface area contributed by atoms with Gasteiger partial charge in [-0.05, 0) is 16.7 Å². The van der Waals surface area contributed by atoms with Crippen molar-refractivity contribution in [3.63, 3.8) is 0 Å². The van der Waals surface area contributed by atoms with Crippen LogP contribution in [0, 0.1) is 0 Å². The van der Waals surface area contributed by atoms with Crippen LogP contribution >= 0.6 is 0 Å². The fourth-order valence-corrected chi connectivity index (χ4v) is 2.29. The van der Waals surface area contributed by atoms with E-state index in [4.69, 9.17) is 0 Å². The molecule has 2 aromatic carbocycles. The van der Waals surface area contributed by atoms with E-state index < -0.39 is 11.8 Å². The van der Waals surface area contributed by atoms with Crippen LogP contribution in [0.3, 0.4) is 0 Å². The minimum atomic E-state index is -0.576. The van der Waals surface area contributed by atoms with Gasteiger partial charge in [-0.15, -0.1) is 0 Å². The Bertz CT molecular complexity index is 635. The van der Waals surface area contributed by atoms with Crippen molar-refractivity contribution in [3.8, 4) is 11.1 Å². The summed E-state index contributed by atoms with van der Waals surface area (Å²) in [6.07, 6.45) is 0. The highest BCUT2D eigenvalue weighted by atomic mass is 16.2. The lowest BCUT2D eigenvalue weighted by molar-refractivity contribution is -0.141. The molecule has 4 nitrogen and oxygen atoms in total. The fourth-order valence-electron chi connectivity index (χ4n) is 2.29. The lowest BCUT2D eigenvalue weighted by Crippen LogP contribution is -2.51. The van der Waals surface area contributed by atoms with Crippen molar-refractivity contribution in [3.05, 3.63) is 60.2 Å². The van der Waals surface area contributed by atoms with Gasteiger partial charge in [-0.3, -0.25) is 9.59 Å². The van der Waals surface area contributed by atoms with E-state index in [0.29, 0.717) is 6.54 Å². The van der Waals surface area contributed by atoms with Crippen molar-refractivity contribution in [2.24, 2.45) is 0 Å². The highest BCUT2D eigenvalue weighted by Crippen LogP contribution is 2.22. The van der Waals surface area contributed by atoms with E-state index in [1.54, 1.807) is 0 Å². The smallest absolute Gasteiger partial charge is 0.309 e. The maximum atomic E-state index is 11.3. The van der Waals surface area contributed by atoms with Crippen LogP contribution in [-0.4, -0.2) is 18.4 Å². The molecule has 1 aliphatic heterocycles. The SMILES string of the molecule is O=C1NCC(c2ccc(-c3ccccc3)cc2)NC1=O. The largest absolute Gasteiger partial charge is 0.345 e. The molecule has 1 atom stereocenters. The molecule has 0 aliphatic carbocycles. The number of piperazine rings is 1. The van der Waals surface area contributed by atoms with E-state index in [0.717, 1.165) is 16.7 Å². The van der Waals surface area contributed by atoms with Crippen molar-refractivity contribution >= 4 is 11.8 Å². The summed E-state index contributed by atoms with van der Waals surface area (Å²) in [5.41, 5.74) is 3.26. The van der Waals surface area contributed by atoms with Crippen LogP contribution in [0.4, 0.5) is 0 Å². The average molecular weight is 266 g/mol. The fraction of sp³-hybridized carbons (Fsp3) is 0.125. The van der Waals surface area contributed by atoms with Crippen LogP contribution in [0.15, 0.2) is 54.6 Å².